The number of ketones is 1. The summed E-state index contributed by atoms with van der Waals surface area (Å²) in [6, 6.07) is 16.2. The quantitative estimate of drug-likeness (QED) is 0.773. The Labute approximate surface area is 170 Å². The van der Waals surface area contributed by atoms with Crippen LogP contribution in [0.2, 0.25) is 0 Å². The number of hydrogen-bond donors (Lipinski definition) is 1. The van der Waals surface area contributed by atoms with Crippen molar-refractivity contribution in [3.63, 3.8) is 0 Å². The zero-order valence-corrected chi connectivity index (χ0v) is 16.7. The van der Waals surface area contributed by atoms with Crippen molar-refractivity contribution in [2.24, 2.45) is 0 Å². The minimum absolute atomic E-state index is 0.324. The average molecular weight is 398 g/mol. The SMILES string of the molecule is COc1ccc(OC(C(=O)C(C)OC(=O)N2CCNCC2)c2ccccc2)cc1. The maximum atomic E-state index is 13.1. The number of benzene rings is 2. The van der Waals surface area contributed by atoms with Crippen LogP contribution in [0.15, 0.2) is 54.6 Å². The summed E-state index contributed by atoms with van der Waals surface area (Å²) in [5.41, 5.74) is 0.693. The van der Waals surface area contributed by atoms with Gasteiger partial charge in [0, 0.05) is 31.7 Å². The van der Waals surface area contributed by atoms with E-state index in [1.54, 1.807) is 43.2 Å². The molecule has 7 nitrogen and oxygen atoms in total. The van der Waals surface area contributed by atoms with Crippen LogP contribution in [0.1, 0.15) is 18.6 Å². The molecule has 0 aromatic heterocycles. The van der Waals surface area contributed by atoms with Crippen molar-refractivity contribution in [2.75, 3.05) is 33.3 Å². The predicted octanol–water partition coefficient (Wildman–Crippen LogP) is 2.81. The molecule has 1 amide bonds. The number of rotatable bonds is 7. The highest BCUT2D eigenvalue weighted by molar-refractivity contribution is 5.90. The number of carbonyl (C=O) groups is 2. The molecule has 2 aromatic rings. The second kappa shape index (κ2) is 9.93. The van der Waals surface area contributed by atoms with E-state index in [9.17, 15) is 9.59 Å². The molecule has 3 rings (SSSR count). The average Bonchev–Trinajstić information content (AvgIpc) is 2.78. The molecule has 29 heavy (non-hydrogen) atoms. The van der Waals surface area contributed by atoms with E-state index < -0.39 is 18.3 Å². The van der Waals surface area contributed by atoms with Gasteiger partial charge in [-0.15, -0.1) is 0 Å². The highest BCUT2D eigenvalue weighted by atomic mass is 16.6. The zero-order chi connectivity index (χ0) is 20.6. The highest BCUT2D eigenvalue weighted by Gasteiger charge is 2.31. The summed E-state index contributed by atoms with van der Waals surface area (Å²) in [7, 11) is 1.58. The van der Waals surface area contributed by atoms with Crippen LogP contribution in [-0.4, -0.2) is 56.2 Å². The van der Waals surface area contributed by atoms with Crippen molar-refractivity contribution in [2.45, 2.75) is 19.1 Å². The molecule has 2 atom stereocenters. The van der Waals surface area contributed by atoms with Crippen molar-refractivity contribution in [3.05, 3.63) is 60.2 Å². The van der Waals surface area contributed by atoms with Gasteiger partial charge in [0.15, 0.2) is 12.2 Å². The van der Waals surface area contributed by atoms with E-state index in [1.165, 1.54) is 0 Å². The Morgan fingerprint density at radius 3 is 2.21 bits per heavy atom. The molecule has 0 radical (unpaired) electrons. The van der Waals surface area contributed by atoms with E-state index in [1.807, 2.05) is 30.3 Å². The number of methoxy groups -OCH3 is 1. The van der Waals surface area contributed by atoms with Crippen molar-refractivity contribution in [1.29, 1.82) is 0 Å². The molecule has 1 N–H and O–H groups in total. The summed E-state index contributed by atoms with van der Waals surface area (Å²) >= 11 is 0. The van der Waals surface area contributed by atoms with Gasteiger partial charge in [-0.1, -0.05) is 30.3 Å². The Hall–Kier alpha value is -3.06. The van der Waals surface area contributed by atoms with E-state index in [0.717, 1.165) is 0 Å². The molecule has 1 fully saturated rings. The van der Waals surface area contributed by atoms with E-state index in [2.05, 4.69) is 5.32 Å². The lowest BCUT2D eigenvalue weighted by Crippen LogP contribution is -2.48. The third-order valence-corrected chi connectivity index (χ3v) is 4.73. The van der Waals surface area contributed by atoms with Gasteiger partial charge in [0.05, 0.1) is 7.11 Å². The number of hydrogen-bond acceptors (Lipinski definition) is 6. The van der Waals surface area contributed by atoms with Crippen LogP contribution in [0.25, 0.3) is 0 Å². The lowest BCUT2D eigenvalue weighted by molar-refractivity contribution is -0.134. The predicted molar refractivity (Wildman–Crippen MR) is 108 cm³/mol. The monoisotopic (exact) mass is 398 g/mol. The first-order valence-electron chi connectivity index (χ1n) is 9.64. The Morgan fingerprint density at radius 1 is 0.966 bits per heavy atom. The normalized spacial score (nSPS) is 15.9. The molecule has 0 spiro atoms. The second-order valence-corrected chi connectivity index (χ2v) is 6.75. The van der Waals surface area contributed by atoms with E-state index in [0.29, 0.717) is 43.2 Å². The van der Waals surface area contributed by atoms with Gasteiger partial charge in [-0.2, -0.15) is 0 Å². The van der Waals surface area contributed by atoms with Crippen molar-refractivity contribution < 1.29 is 23.8 Å². The van der Waals surface area contributed by atoms with Gasteiger partial charge >= 0.3 is 6.09 Å². The number of Topliss-reactive ketones (excluding diaryl/α,β-unsaturated/α-hetero) is 1. The van der Waals surface area contributed by atoms with E-state index >= 15 is 0 Å². The summed E-state index contributed by atoms with van der Waals surface area (Å²) < 4.78 is 16.6. The fourth-order valence-corrected chi connectivity index (χ4v) is 3.05. The van der Waals surface area contributed by atoms with Crippen LogP contribution in [0.5, 0.6) is 11.5 Å². The van der Waals surface area contributed by atoms with Gasteiger partial charge in [0.25, 0.3) is 0 Å². The summed E-state index contributed by atoms with van der Waals surface area (Å²) in [5, 5.41) is 3.18. The first-order chi connectivity index (χ1) is 14.1. The number of piperazine rings is 1. The molecule has 2 unspecified atom stereocenters. The first-order valence-corrected chi connectivity index (χ1v) is 9.64. The molecule has 154 valence electrons. The minimum Gasteiger partial charge on any atom is -0.497 e. The van der Waals surface area contributed by atoms with Gasteiger partial charge in [-0.25, -0.2) is 4.79 Å². The number of nitrogens with zero attached hydrogens (tertiary/aromatic N) is 1. The molecule has 1 aliphatic heterocycles. The lowest BCUT2D eigenvalue weighted by atomic mass is 10.0. The largest absolute Gasteiger partial charge is 0.497 e. The van der Waals surface area contributed by atoms with Crippen molar-refractivity contribution in [3.8, 4) is 11.5 Å². The molecular formula is C22H26N2O5. The standard InChI is InChI=1S/C22H26N2O5/c1-16(28-22(26)24-14-12-23-13-15-24)20(25)21(17-6-4-3-5-7-17)29-19-10-8-18(27-2)9-11-19/h3-11,16,21,23H,12-15H2,1-2H3. The van der Waals surface area contributed by atoms with Crippen LogP contribution >= 0.6 is 0 Å². The van der Waals surface area contributed by atoms with Gasteiger partial charge in [0.2, 0.25) is 5.78 Å². The molecule has 7 heteroatoms. The van der Waals surface area contributed by atoms with Gasteiger partial charge in [0.1, 0.15) is 11.5 Å². The van der Waals surface area contributed by atoms with Crippen LogP contribution in [0.3, 0.4) is 0 Å². The molecule has 0 saturated carbocycles. The Bertz CT molecular complexity index is 804. The van der Waals surface area contributed by atoms with Crippen molar-refractivity contribution in [1.82, 2.24) is 10.2 Å². The third-order valence-electron chi connectivity index (χ3n) is 4.73. The number of carbonyl (C=O) groups excluding carboxylic acids is 2. The molecular weight excluding hydrogens is 372 g/mol. The Kier molecular flexibility index (Phi) is 7.08. The lowest BCUT2D eigenvalue weighted by Gasteiger charge is -2.28. The minimum atomic E-state index is -0.944. The maximum absolute atomic E-state index is 13.1. The van der Waals surface area contributed by atoms with Crippen LogP contribution < -0.4 is 14.8 Å². The fraction of sp³-hybridized carbons (Fsp3) is 0.364. The summed E-state index contributed by atoms with van der Waals surface area (Å²) in [6.45, 7) is 4.12. The summed E-state index contributed by atoms with van der Waals surface area (Å²) in [6.07, 6.45) is -2.32. The van der Waals surface area contributed by atoms with Crippen LogP contribution in [0, 0.1) is 0 Å². The first kappa shape index (κ1) is 20.7. The second-order valence-electron chi connectivity index (χ2n) is 6.75. The van der Waals surface area contributed by atoms with E-state index in [4.69, 9.17) is 14.2 Å². The maximum Gasteiger partial charge on any atom is 0.410 e. The van der Waals surface area contributed by atoms with Gasteiger partial charge < -0.3 is 24.4 Å². The highest BCUT2D eigenvalue weighted by Crippen LogP contribution is 2.26. The molecule has 1 saturated heterocycles. The summed E-state index contributed by atoms with van der Waals surface area (Å²) in [4.78, 5) is 27.1. The number of nitrogens with one attached hydrogen (secondary N) is 1. The Morgan fingerprint density at radius 2 is 1.59 bits per heavy atom. The third kappa shape index (κ3) is 5.48. The van der Waals surface area contributed by atoms with Crippen LogP contribution in [-0.2, 0) is 9.53 Å². The molecule has 1 aliphatic rings. The molecule has 0 aliphatic carbocycles. The molecule has 2 aromatic carbocycles. The topological polar surface area (TPSA) is 77.1 Å². The number of amides is 1. The van der Waals surface area contributed by atoms with Crippen LogP contribution in [0.4, 0.5) is 4.79 Å². The van der Waals surface area contributed by atoms with E-state index in [-0.39, 0.29) is 5.78 Å². The molecule has 0 bridgehead atoms. The van der Waals surface area contributed by atoms with Gasteiger partial charge in [-0.05, 0) is 31.2 Å². The summed E-state index contributed by atoms with van der Waals surface area (Å²) in [5.74, 6) is 0.891. The zero-order valence-electron chi connectivity index (χ0n) is 16.7. The number of ether oxygens (including phenoxy) is 3. The van der Waals surface area contributed by atoms with Crippen molar-refractivity contribution >= 4 is 11.9 Å². The Balaban J connectivity index is 1.73. The fourth-order valence-electron chi connectivity index (χ4n) is 3.05. The van der Waals surface area contributed by atoms with Gasteiger partial charge in [-0.3, -0.25) is 4.79 Å². The molecule has 1 heterocycles. The smallest absolute Gasteiger partial charge is 0.410 e.